The van der Waals surface area contributed by atoms with Crippen molar-refractivity contribution in [1.29, 1.82) is 0 Å². The van der Waals surface area contributed by atoms with Crippen molar-refractivity contribution in [2.24, 2.45) is 0 Å². The minimum atomic E-state index is -0.894. The molecule has 0 rings (SSSR count). The third kappa shape index (κ3) is 10.4. The van der Waals surface area contributed by atoms with Gasteiger partial charge in [-0.3, -0.25) is 19.2 Å². The van der Waals surface area contributed by atoms with Crippen molar-refractivity contribution >= 4 is 17.9 Å². The quantitative estimate of drug-likeness (QED) is 0.351. The number of rotatable bonds is 16. The molecule has 0 spiro atoms. The fraction of sp³-hybridized carbons (Fsp3) is 0.833. The van der Waals surface area contributed by atoms with Crippen LogP contribution in [0.1, 0.15) is 78.6 Å². The monoisotopic (exact) mass is 375 g/mol. The van der Waals surface area contributed by atoms with Crippen LogP contribution < -0.4 is 0 Å². The highest BCUT2D eigenvalue weighted by Crippen LogP contribution is 2.24. The molecular formula is C18H33NO7. The van der Waals surface area contributed by atoms with Crippen molar-refractivity contribution in [3.8, 4) is 0 Å². The summed E-state index contributed by atoms with van der Waals surface area (Å²) in [6.07, 6.45) is 2.77. The molecule has 3 atom stereocenters. The molecule has 0 saturated carbocycles. The van der Waals surface area contributed by atoms with E-state index < -0.39 is 17.9 Å². The Morgan fingerprint density at radius 3 is 1.42 bits per heavy atom. The van der Waals surface area contributed by atoms with E-state index in [-0.39, 0.29) is 37.5 Å². The predicted molar refractivity (Wildman–Crippen MR) is 95.8 cm³/mol. The molecular weight excluding hydrogens is 342 g/mol. The Hall–Kier alpha value is -1.67. The van der Waals surface area contributed by atoms with Crippen LogP contribution in [-0.2, 0) is 19.2 Å². The Morgan fingerprint density at radius 1 is 0.731 bits per heavy atom. The molecule has 0 saturated heterocycles. The first-order valence-corrected chi connectivity index (χ1v) is 9.35. The summed E-state index contributed by atoms with van der Waals surface area (Å²) in [5.41, 5.74) is 0. The predicted octanol–water partition coefficient (Wildman–Crippen LogP) is 3.15. The van der Waals surface area contributed by atoms with Crippen LogP contribution in [0.4, 0.5) is 0 Å². The number of aliphatic carboxylic acids is 3. The van der Waals surface area contributed by atoms with Crippen LogP contribution in [0.25, 0.3) is 0 Å². The Kier molecular flexibility index (Phi) is 12.7. The van der Waals surface area contributed by atoms with E-state index in [1.807, 2.05) is 20.8 Å². The number of carbonyl (C=O) groups is 3. The molecule has 0 aliphatic rings. The van der Waals surface area contributed by atoms with Crippen molar-refractivity contribution in [2.75, 3.05) is 0 Å². The van der Waals surface area contributed by atoms with Crippen LogP contribution in [0.5, 0.6) is 0 Å². The van der Waals surface area contributed by atoms with Gasteiger partial charge in [0.05, 0.1) is 6.10 Å². The Balaban J connectivity index is 5.27. The third-order valence-electron chi connectivity index (χ3n) is 4.45. The van der Waals surface area contributed by atoms with Gasteiger partial charge >= 0.3 is 17.9 Å². The minimum Gasteiger partial charge on any atom is -0.481 e. The molecule has 8 nitrogen and oxygen atoms in total. The van der Waals surface area contributed by atoms with Gasteiger partial charge in [0.1, 0.15) is 0 Å². The molecule has 0 aromatic heterocycles. The normalized spacial score (nSPS) is 14.8. The Bertz CT molecular complexity index is 415. The van der Waals surface area contributed by atoms with Gasteiger partial charge in [0.2, 0.25) is 0 Å². The second-order valence-corrected chi connectivity index (χ2v) is 6.42. The zero-order chi connectivity index (χ0) is 20.1. The average Bonchev–Trinajstić information content (AvgIpc) is 2.57. The largest absolute Gasteiger partial charge is 0.481 e. The lowest BCUT2D eigenvalue weighted by Gasteiger charge is -2.38. The van der Waals surface area contributed by atoms with E-state index in [9.17, 15) is 14.4 Å². The van der Waals surface area contributed by atoms with E-state index in [0.29, 0.717) is 38.5 Å². The van der Waals surface area contributed by atoms with Gasteiger partial charge in [-0.25, -0.2) is 0 Å². The summed E-state index contributed by atoms with van der Waals surface area (Å²) in [6.45, 7) is 5.77. The van der Waals surface area contributed by atoms with E-state index in [2.05, 4.69) is 0 Å². The van der Waals surface area contributed by atoms with Crippen LogP contribution in [0.15, 0.2) is 0 Å². The van der Waals surface area contributed by atoms with Crippen LogP contribution >= 0.6 is 0 Å². The van der Waals surface area contributed by atoms with E-state index >= 15 is 0 Å². The highest BCUT2D eigenvalue weighted by Gasteiger charge is 2.28. The van der Waals surface area contributed by atoms with Crippen LogP contribution in [0, 0.1) is 0 Å². The molecule has 0 bridgehead atoms. The van der Waals surface area contributed by atoms with Crippen molar-refractivity contribution in [2.45, 2.75) is 96.7 Å². The van der Waals surface area contributed by atoms with E-state index in [0.717, 1.165) is 0 Å². The smallest absolute Gasteiger partial charge is 0.303 e. The van der Waals surface area contributed by atoms with Crippen molar-refractivity contribution in [3.63, 3.8) is 0 Å². The van der Waals surface area contributed by atoms with Gasteiger partial charge in [0.15, 0.2) is 0 Å². The molecule has 0 aliphatic heterocycles. The van der Waals surface area contributed by atoms with Gasteiger partial charge in [0.25, 0.3) is 0 Å². The lowest BCUT2D eigenvalue weighted by molar-refractivity contribution is -0.250. The van der Waals surface area contributed by atoms with Gasteiger partial charge in [-0.15, -0.1) is 0 Å². The molecule has 3 unspecified atom stereocenters. The number of hydrogen-bond acceptors (Lipinski definition) is 5. The van der Waals surface area contributed by atoms with Crippen molar-refractivity contribution in [3.05, 3.63) is 0 Å². The first-order chi connectivity index (χ1) is 12.2. The number of carboxylic acids is 3. The zero-order valence-electron chi connectivity index (χ0n) is 16.0. The minimum absolute atomic E-state index is 0.000348. The highest BCUT2D eigenvalue weighted by atomic mass is 16.7. The molecule has 0 aromatic carbocycles. The molecule has 0 fully saturated rings. The van der Waals surface area contributed by atoms with E-state index in [1.165, 1.54) is 0 Å². The van der Waals surface area contributed by atoms with Crippen LogP contribution in [-0.4, -0.2) is 56.5 Å². The molecule has 0 heterocycles. The lowest BCUT2D eigenvalue weighted by Crippen LogP contribution is -2.45. The summed E-state index contributed by atoms with van der Waals surface area (Å²) in [5, 5.41) is 28.6. The molecule has 0 aromatic rings. The van der Waals surface area contributed by atoms with Gasteiger partial charge in [-0.05, 0) is 38.5 Å². The summed E-state index contributed by atoms with van der Waals surface area (Å²) in [4.78, 5) is 38.8. The molecule has 152 valence electrons. The fourth-order valence-electron chi connectivity index (χ4n) is 2.86. The second-order valence-electron chi connectivity index (χ2n) is 6.42. The number of carboxylic acid groups (broad SMARTS) is 3. The zero-order valence-corrected chi connectivity index (χ0v) is 16.0. The SMILES string of the molecule is CCC(CCC(=O)O)ON(C(CC)CCC(=O)O)C(CC)CCC(=O)O. The van der Waals surface area contributed by atoms with Gasteiger partial charge in [0, 0.05) is 31.3 Å². The number of hydroxylamine groups is 2. The van der Waals surface area contributed by atoms with Gasteiger partial charge in [-0.1, -0.05) is 20.8 Å². The highest BCUT2D eigenvalue weighted by molar-refractivity contribution is 5.67. The first-order valence-electron chi connectivity index (χ1n) is 9.35. The van der Waals surface area contributed by atoms with E-state index in [1.54, 1.807) is 5.06 Å². The maximum atomic E-state index is 11.0. The second kappa shape index (κ2) is 13.5. The van der Waals surface area contributed by atoms with Crippen LogP contribution in [0.3, 0.4) is 0 Å². The Labute approximate surface area is 155 Å². The molecule has 8 heteroatoms. The number of hydrogen-bond donors (Lipinski definition) is 3. The molecule has 0 amide bonds. The lowest BCUT2D eigenvalue weighted by atomic mass is 10.0. The topological polar surface area (TPSA) is 124 Å². The molecule has 0 radical (unpaired) electrons. The molecule has 3 N–H and O–H groups in total. The maximum Gasteiger partial charge on any atom is 0.303 e. The molecule has 0 aliphatic carbocycles. The van der Waals surface area contributed by atoms with E-state index in [4.69, 9.17) is 20.2 Å². The van der Waals surface area contributed by atoms with Crippen molar-refractivity contribution < 1.29 is 34.5 Å². The van der Waals surface area contributed by atoms with Crippen LogP contribution in [0.2, 0.25) is 0 Å². The fourth-order valence-corrected chi connectivity index (χ4v) is 2.86. The summed E-state index contributed by atoms with van der Waals surface area (Å²) in [5.74, 6) is -2.67. The average molecular weight is 375 g/mol. The summed E-state index contributed by atoms with van der Waals surface area (Å²) < 4.78 is 0. The van der Waals surface area contributed by atoms with Gasteiger partial charge in [-0.2, -0.15) is 5.06 Å². The summed E-state index contributed by atoms with van der Waals surface area (Å²) >= 11 is 0. The third-order valence-corrected chi connectivity index (χ3v) is 4.45. The standard InChI is InChI=1S/C18H33NO7/c1-4-13(7-10-16(20)21)19(14(5-2)8-11-17(22)23)26-15(6-3)9-12-18(24)25/h13-15H,4-12H2,1-3H3,(H,20,21)(H,22,23)(H,24,25). The molecule has 26 heavy (non-hydrogen) atoms. The Morgan fingerprint density at radius 2 is 1.12 bits per heavy atom. The van der Waals surface area contributed by atoms with Crippen molar-refractivity contribution in [1.82, 2.24) is 5.06 Å². The van der Waals surface area contributed by atoms with Gasteiger partial charge < -0.3 is 15.3 Å². The first kappa shape index (κ1) is 24.3. The number of nitrogens with zero attached hydrogens (tertiary/aromatic N) is 1. The summed E-state index contributed by atoms with van der Waals surface area (Å²) in [6, 6.07) is -0.326. The summed E-state index contributed by atoms with van der Waals surface area (Å²) in [7, 11) is 0. The maximum absolute atomic E-state index is 11.0.